The molecule has 0 bridgehead atoms. The lowest BCUT2D eigenvalue weighted by Crippen LogP contribution is -2.42. The molecule has 6 N–H and O–H groups in total. The van der Waals surface area contributed by atoms with Gasteiger partial charge in [-0.3, -0.25) is 4.57 Å². The highest BCUT2D eigenvalue weighted by atomic mass is 35.5. The summed E-state index contributed by atoms with van der Waals surface area (Å²) in [5, 5.41) is 36.3. The van der Waals surface area contributed by atoms with Crippen molar-refractivity contribution in [2.75, 3.05) is 25.1 Å². The fraction of sp³-hybridized carbons (Fsp3) is 0.727. The van der Waals surface area contributed by atoms with E-state index in [9.17, 15) is 29.4 Å². The van der Waals surface area contributed by atoms with Gasteiger partial charge in [0.05, 0.1) is 24.8 Å². The maximum atomic E-state index is 12.4. The van der Waals surface area contributed by atoms with E-state index in [1.54, 1.807) is 6.92 Å². The van der Waals surface area contributed by atoms with Crippen molar-refractivity contribution in [3.8, 4) is 0 Å². The van der Waals surface area contributed by atoms with E-state index in [1.165, 1.54) is 10.9 Å². The number of fused-ring (bicyclic) bond motifs is 1. The van der Waals surface area contributed by atoms with Crippen molar-refractivity contribution in [3.05, 3.63) is 11.5 Å². The third-order valence-corrected chi connectivity index (χ3v) is 8.65. The van der Waals surface area contributed by atoms with E-state index >= 15 is 0 Å². The number of aliphatic hydroxyl groups excluding tert-OH is 2. The molecule has 2 aromatic rings. The van der Waals surface area contributed by atoms with E-state index < -0.39 is 63.3 Å². The largest absolute Gasteiger partial charge is 0.480 e. The van der Waals surface area contributed by atoms with Gasteiger partial charge in [0, 0.05) is 6.04 Å². The summed E-state index contributed by atoms with van der Waals surface area (Å²) in [5.41, 5.74) is 0.255. The Morgan fingerprint density at radius 3 is 2.64 bits per heavy atom. The van der Waals surface area contributed by atoms with Crippen molar-refractivity contribution in [3.63, 3.8) is 0 Å². The maximum absolute atomic E-state index is 12.4. The molecule has 0 radical (unpaired) electrons. The number of carboxylic acid groups (broad SMARTS) is 1. The fourth-order valence-corrected chi connectivity index (χ4v) is 6.13. The molecule has 2 aliphatic rings. The zero-order chi connectivity index (χ0) is 28.4. The lowest BCUT2D eigenvalue weighted by molar-refractivity contribution is -0.148. The van der Waals surface area contributed by atoms with Crippen molar-refractivity contribution in [1.29, 1.82) is 0 Å². The van der Waals surface area contributed by atoms with Crippen LogP contribution in [-0.2, 0) is 23.6 Å². The predicted octanol–water partition coefficient (Wildman–Crippen LogP) is 1.25. The second-order valence-corrected chi connectivity index (χ2v) is 12.0. The topological polar surface area (TPSA) is 219 Å². The maximum Gasteiger partial charge on any atom is 0.359 e. The molecule has 0 unspecified atom stereocenters. The smallest absolute Gasteiger partial charge is 0.359 e. The van der Waals surface area contributed by atoms with Gasteiger partial charge in [-0.2, -0.15) is 15.1 Å². The monoisotopic (exact) mass is 593 g/mol. The van der Waals surface area contributed by atoms with Crippen molar-refractivity contribution in [1.82, 2.24) is 19.7 Å². The minimum atomic E-state index is -4.99. The molecule has 218 valence electrons. The summed E-state index contributed by atoms with van der Waals surface area (Å²) in [6.07, 6.45) is 0.338. The Balaban J connectivity index is 1.53. The van der Waals surface area contributed by atoms with Gasteiger partial charge in [-0.15, -0.1) is 0 Å². The summed E-state index contributed by atoms with van der Waals surface area (Å²) in [6, 6.07) is 0.232. The first-order valence-corrected chi connectivity index (χ1v) is 14.6. The number of aromatic nitrogens is 4. The molecule has 0 spiro atoms. The molecule has 2 aromatic heterocycles. The molecule has 39 heavy (non-hydrogen) atoms. The van der Waals surface area contributed by atoms with Gasteiger partial charge < -0.3 is 44.6 Å². The molecule has 17 heteroatoms. The molecule has 1 saturated carbocycles. The van der Waals surface area contributed by atoms with E-state index in [4.69, 9.17) is 30.9 Å². The van der Waals surface area contributed by atoms with Gasteiger partial charge in [0.25, 0.3) is 0 Å². The van der Waals surface area contributed by atoms with Crippen LogP contribution in [0.2, 0.25) is 5.28 Å². The Morgan fingerprint density at radius 1 is 1.28 bits per heavy atom. The SMILES string of the molecule is CCC[C@](COCC(=O)O)(OC[C@H]1O[C@@H](n2ncc3c(NC4CCCC4)nc(Cl)nc32)[C@H](O)[C@@H]1O)P(=O)(O)O. The highest BCUT2D eigenvalue weighted by Crippen LogP contribution is 2.54. The lowest BCUT2D eigenvalue weighted by Gasteiger charge is -2.34. The number of aliphatic carboxylic acids is 1. The molecule has 1 aliphatic carbocycles. The van der Waals surface area contributed by atoms with Gasteiger partial charge in [-0.05, 0) is 30.9 Å². The van der Waals surface area contributed by atoms with Crippen molar-refractivity contribution >= 4 is 42.0 Å². The molecule has 3 heterocycles. The number of anilines is 1. The number of carbonyl (C=O) groups is 1. The van der Waals surface area contributed by atoms with Gasteiger partial charge in [0.1, 0.15) is 30.7 Å². The van der Waals surface area contributed by atoms with Gasteiger partial charge in [0.2, 0.25) is 5.28 Å². The van der Waals surface area contributed by atoms with Crippen LogP contribution in [0.25, 0.3) is 11.0 Å². The molecule has 15 nitrogen and oxygen atoms in total. The van der Waals surface area contributed by atoms with Crippen LogP contribution in [0.15, 0.2) is 6.20 Å². The average Bonchev–Trinajstić information content (AvgIpc) is 3.58. The van der Waals surface area contributed by atoms with Crippen molar-refractivity contribution < 1.29 is 48.7 Å². The van der Waals surface area contributed by atoms with Crippen LogP contribution in [0, 0.1) is 0 Å². The average molecular weight is 594 g/mol. The molecular weight excluding hydrogens is 561 g/mol. The minimum Gasteiger partial charge on any atom is -0.480 e. The number of nitrogens with one attached hydrogen (secondary N) is 1. The molecule has 1 saturated heterocycles. The van der Waals surface area contributed by atoms with Gasteiger partial charge in [-0.25, -0.2) is 9.48 Å². The van der Waals surface area contributed by atoms with Crippen LogP contribution in [0.4, 0.5) is 5.82 Å². The standard InChI is InChI=1S/C22H33ClN5O10P/c1-2-7-22(39(33,34)35,11-36-10-15(29)30)37-9-14-16(31)17(32)20(38-14)28-19-13(8-24-28)18(26-21(23)27-19)25-12-5-3-4-6-12/h8,12,14,16-17,20,31-32H,2-7,9-11H2,1H3,(H,29,30)(H,25,26,27)(H2,33,34,35)/t14-,16-,17-,20-,22+/m1/s1. The lowest BCUT2D eigenvalue weighted by atomic mass is 10.1. The minimum absolute atomic E-state index is 0.0509. The number of aliphatic hydroxyl groups is 2. The van der Waals surface area contributed by atoms with Crippen molar-refractivity contribution in [2.45, 2.75) is 81.4 Å². The van der Waals surface area contributed by atoms with Crippen LogP contribution in [0.5, 0.6) is 0 Å². The van der Waals surface area contributed by atoms with Gasteiger partial charge >= 0.3 is 13.6 Å². The number of hydrogen-bond donors (Lipinski definition) is 6. The van der Waals surface area contributed by atoms with E-state index in [0.717, 1.165) is 25.7 Å². The Morgan fingerprint density at radius 2 is 2.00 bits per heavy atom. The normalized spacial score (nSPS) is 25.8. The predicted molar refractivity (Wildman–Crippen MR) is 136 cm³/mol. The number of ether oxygens (including phenoxy) is 3. The Kier molecular flexibility index (Phi) is 9.46. The summed E-state index contributed by atoms with van der Waals surface area (Å²) in [4.78, 5) is 39.5. The second-order valence-electron chi connectivity index (χ2n) is 9.78. The summed E-state index contributed by atoms with van der Waals surface area (Å²) >= 11 is 6.17. The van der Waals surface area contributed by atoms with Gasteiger partial charge in [-0.1, -0.05) is 26.2 Å². The highest BCUT2D eigenvalue weighted by molar-refractivity contribution is 7.53. The molecule has 0 amide bonds. The molecule has 5 atom stereocenters. The number of hydrogen-bond acceptors (Lipinski definition) is 11. The Bertz CT molecular complexity index is 1210. The van der Waals surface area contributed by atoms with Crippen LogP contribution in [-0.4, -0.2) is 100 Å². The van der Waals surface area contributed by atoms with E-state index in [-0.39, 0.29) is 29.8 Å². The second kappa shape index (κ2) is 12.3. The van der Waals surface area contributed by atoms with Crippen LogP contribution >= 0.6 is 19.2 Å². The van der Waals surface area contributed by atoms with Crippen LogP contribution in [0.1, 0.15) is 51.7 Å². The van der Waals surface area contributed by atoms with Crippen molar-refractivity contribution in [2.24, 2.45) is 0 Å². The van der Waals surface area contributed by atoms with E-state index in [1.807, 2.05) is 0 Å². The summed E-state index contributed by atoms with van der Waals surface area (Å²) in [7, 11) is -4.99. The third kappa shape index (κ3) is 6.53. The highest BCUT2D eigenvalue weighted by Gasteiger charge is 2.51. The molecule has 2 fully saturated rings. The zero-order valence-corrected chi connectivity index (χ0v) is 22.9. The van der Waals surface area contributed by atoms with E-state index in [2.05, 4.69) is 20.4 Å². The summed E-state index contributed by atoms with van der Waals surface area (Å²) in [5.74, 6) is -0.827. The Labute approximate surface area is 228 Å². The first-order valence-electron chi connectivity index (χ1n) is 12.6. The number of carboxylic acids is 1. The van der Waals surface area contributed by atoms with Gasteiger partial charge in [0.15, 0.2) is 17.2 Å². The number of rotatable bonds is 13. The van der Waals surface area contributed by atoms with Crippen LogP contribution < -0.4 is 5.32 Å². The van der Waals surface area contributed by atoms with Crippen LogP contribution in [0.3, 0.4) is 0 Å². The molecule has 1 aliphatic heterocycles. The zero-order valence-electron chi connectivity index (χ0n) is 21.2. The molecular formula is C22H33ClN5O10P. The quantitative estimate of drug-likeness (QED) is 0.142. The first-order chi connectivity index (χ1) is 18.5. The Hall–Kier alpha value is -1.94. The number of halogens is 1. The molecule has 0 aromatic carbocycles. The fourth-order valence-electron chi connectivity index (χ4n) is 4.95. The first kappa shape index (κ1) is 30.0. The molecule has 4 rings (SSSR count). The summed E-state index contributed by atoms with van der Waals surface area (Å²) in [6.45, 7) is -0.369. The number of nitrogens with zero attached hydrogens (tertiary/aromatic N) is 4. The third-order valence-electron chi connectivity index (χ3n) is 6.94. The van der Waals surface area contributed by atoms with E-state index in [0.29, 0.717) is 11.2 Å². The summed E-state index contributed by atoms with van der Waals surface area (Å²) < 4.78 is 30.1.